The number of hydrogen-bond acceptors (Lipinski definition) is 5. The Balaban J connectivity index is 0.00000109. The lowest BCUT2D eigenvalue weighted by Crippen LogP contribution is -2.19. The van der Waals surface area contributed by atoms with Gasteiger partial charge < -0.3 is 16.5 Å². The van der Waals surface area contributed by atoms with Crippen molar-refractivity contribution in [3.63, 3.8) is 0 Å². The quantitative estimate of drug-likeness (QED) is 0.570. The van der Waals surface area contributed by atoms with Crippen LogP contribution < -0.4 is 11.1 Å². The first-order valence-electron chi connectivity index (χ1n) is 8.69. The fraction of sp³-hybridized carbons (Fsp3) is 0.350. The van der Waals surface area contributed by atoms with E-state index in [1.807, 2.05) is 38.1 Å². The molecule has 1 unspecified atom stereocenters. The van der Waals surface area contributed by atoms with E-state index in [0.717, 1.165) is 41.8 Å². The third-order valence-corrected chi connectivity index (χ3v) is 4.20. The minimum atomic E-state index is 0.119. The van der Waals surface area contributed by atoms with Crippen LogP contribution in [0.2, 0.25) is 0 Å². The first kappa shape index (κ1) is 18.5. The van der Waals surface area contributed by atoms with E-state index in [0.29, 0.717) is 17.0 Å². The molecule has 1 aliphatic rings. The largest absolute Gasteiger partial charge is 0.398 e. The van der Waals surface area contributed by atoms with Gasteiger partial charge in [0.15, 0.2) is 0 Å². The van der Waals surface area contributed by atoms with Crippen molar-refractivity contribution in [2.24, 2.45) is 0 Å². The molecule has 5 heteroatoms. The Kier molecular flexibility index (Phi) is 6.13. The van der Waals surface area contributed by atoms with Crippen molar-refractivity contribution in [1.82, 2.24) is 4.98 Å². The van der Waals surface area contributed by atoms with Gasteiger partial charge in [0.25, 0.3) is 0 Å². The summed E-state index contributed by atoms with van der Waals surface area (Å²) in [5.41, 5.74) is 11.4. The van der Waals surface area contributed by atoms with Crippen molar-refractivity contribution in [3.8, 4) is 6.07 Å². The number of rotatable bonds is 3. The van der Waals surface area contributed by atoms with Gasteiger partial charge in [-0.05, 0) is 56.0 Å². The summed E-state index contributed by atoms with van der Waals surface area (Å²) >= 11 is 0. The third-order valence-electron chi connectivity index (χ3n) is 4.20. The molecule has 1 aliphatic carbocycles. The van der Waals surface area contributed by atoms with Crippen molar-refractivity contribution in [2.75, 3.05) is 11.1 Å². The minimum Gasteiger partial charge on any atom is -0.398 e. The molecule has 0 saturated heterocycles. The van der Waals surface area contributed by atoms with Crippen molar-refractivity contribution >= 4 is 17.1 Å². The second kappa shape index (κ2) is 8.29. The highest BCUT2D eigenvalue weighted by molar-refractivity contribution is 6.01. The summed E-state index contributed by atoms with van der Waals surface area (Å²) in [4.78, 5) is 4.49. The Labute approximate surface area is 149 Å². The molecule has 5 nitrogen and oxygen atoms in total. The molecule has 0 fully saturated rings. The molecular formula is C20H25N5. The summed E-state index contributed by atoms with van der Waals surface area (Å²) < 4.78 is 0. The zero-order chi connectivity index (χ0) is 18.4. The molecule has 130 valence electrons. The Morgan fingerprint density at radius 3 is 2.80 bits per heavy atom. The summed E-state index contributed by atoms with van der Waals surface area (Å²) in [6.45, 7) is 5.73. The number of nitrogens with zero attached hydrogens (tertiary/aromatic N) is 2. The monoisotopic (exact) mass is 335 g/mol. The highest BCUT2D eigenvalue weighted by Gasteiger charge is 2.22. The molecule has 0 aliphatic heterocycles. The van der Waals surface area contributed by atoms with Crippen LogP contribution in [0.4, 0.5) is 11.4 Å². The zero-order valence-electron chi connectivity index (χ0n) is 15.1. The van der Waals surface area contributed by atoms with Crippen LogP contribution in [0.25, 0.3) is 0 Å². The van der Waals surface area contributed by atoms with Crippen molar-refractivity contribution in [1.29, 1.82) is 10.7 Å². The van der Waals surface area contributed by atoms with E-state index in [1.54, 1.807) is 13.1 Å². The topological polar surface area (TPSA) is 98.6 Å². The molecule has 1 aromatic heterocycles. The van der Waals surface area contributed by atoms with Gasteiger partial charge in [0, 0.05) is 28.8 Å². The maximum atomic E-state index is 9.01. The number of anilines is 2. The van der Waals surface area contributed by atoms with Crippen molar-refractivity contribution < 1.29 is 0 Å². The summed E-state index contributed by atoms with van der Waals surface area (Å²) in [7, 11) is 0. The Bertz CT molecular complexity index is 804. The van der Waals surface area contributed by atoms with Crippen molar-refractivity contribution in [3.05, 3.63) is 52.8 Å². The van der Waals surface area contributed by atoms with Gasteiger partial charge in [0.1, 0.15) is 6.07 Å². The second-order valence-corrected chi connectivity index (χ2v) is 5.90. The highest BCUT2D eigenvalue weighted by Crippen LogP contribution is 2.32. The van der Waals surface area contributed by atoms with Gasteiger partial charge in [-0.1, -0.05) is 13.8 Å². The summed E-state index contributed by atoms with van der Waals surface area (Å²) in [5, 5.41) is 20.3. The molecule has 0 amide bonds. The molecule has 1 aromatic carbocycles. The van der Waals surface area contributed by atoms with Crippen LogP contribution in [0.15, 0.2) is 30.5 Å². The third kappa shape index (κ3) is 4.16. The summed E-state index contributed by atoms with van der Waals surface area (Å²) in [6, 6.07) is 9.87. The van der Waals surface area contributed by atoms with Gasteiger partial charge in [0.05, 0.1) is 17.3 Å². The fourth-order valence-corrected chi connectivity index (χ4v) is 3.04. The van der Waals surface area contributed by atoms with E-state index in [2.05, 4.69) is 16.4 Å². The molecule has 4 N–H and O–H groups in total. The average Bonchev–Trinajstić information content (AvgIpc) is 2.64. The van der Waals surface area contributed by atoms with E-state index in [4.69, 9.17) is 16.4 Å². The first-order chi connectivity index (χ1) is 12.1. The standard InChI is InChI=1S/C18H19N5.C2H6/c1-11(20)15-8-14(5-6-16(15)21)23-17-4-2-3-13-7-12(9-19)10-22-18(13)17;1-2/h5-8,10,17,20,23H,2-4,21H2,1H3;1-2H3. The number of nitriles is 1. The molecule has 1 atom stereocenters. The average molecular weight is 335 g/mol. The van der Waals surface area contributed by atoms with E-state index in [-0.39, 0.29) is 6.04 Å². The molecule has 0 radical (unpaired) electrons. The van der Waals surface area contributed by atoms with E-state index >= 15 is 0 Å². The van der Waals surface area contributed by atoms with Gasteiger partial charge in [-0.25, -0.2) is 0 Å². The molecule has 0 bridgehead atoms. The van der Waals surface area contributed by atoms with Crippen LogP contribution in [-0.2, 0) is 6.42 Å². The fourth-order valence-electron chi connectivity index (χ4n) is 3.04. The molecular weight excluding hydrogens is 310 g/mol. The molecule has 1 heterocycles. The Morgan fingerprint density at radius 1 is 1.36 bits per heavy atom. The predicted molar refractivity (Wildman–Crippen MR) is 103 cm³/mol. The number of nitrogens with two attached hydrogens (primary N) is 1. The highest BCUT2D eigenvalue weighted by atomic mass is 15.0. The lowest BCUT2D eigenvalue weighted by Gasteiger charge is -2.26. The lowest BCUT2D eigenvalue weighted by molar-refractivity contribution is 0.583. The second-order valence-electron chi connectivity index (χ2n) is 5.90. The SMILES string of the molecule is CC.CC(=N)c1cc(NC2CCCc3cc(C#N)cnc32)ccc1N. The predicted octanol–water partition coefficient (Wildman–Crippen LogP) is 4.44. The molecule has 25 heavy (non-hydrogen) atoms. The Morgan fingerprint density at radius 2 is 2.12 bits per heavy atom. The van der Waals surface area contributed by atoms with E-state index in [9.17, 15) is 0 Å². The Hall–Kier alpha value is -2.87. The van der Waals surface area contributed by atoms with Crippen LogP contribution in [0.3, 0.4) is 0 Å². The van der Waals surface area contributed by atoms with E-state index < -0.39 is 0 Å². The number of pyridine rings is 1. The molecule has 0 saturated carbocycles. The van der Waals surface area contributed by atoms with Crippen LogP contribution >= 0.6 is 0 Å². The number of nitrogen functional groups attached to an aromatic ring is 1. The number of nitrogens with one attached hydrogen (secondary N) is 2. The minimum absolute atomic E-state index is 0.119. The number of aromatic nitrogens is 1. The van der Waals surface area contributed by atoms with Crippen LogP contribution in [0.5, 0.6) is 0 Å². The van der Waals surface area contributed by atoms with Crippen molar-refractivity contribution in [2.45, 2.75) is 46.1 Å². The van der Waals surface area contributed by atoms with Crippen LogP contribution in [0.1, 0.15) is 62.0 Å². The number of hydrogen-bond donors (Lipinski definition) is 3. The van der Waals surface area contributed by atoms with Gasteiger partial charge in [-0.3, -0.25) is 4.98 Å². The lowest BCUT2D eigenvalue weighted by atomic mass is 9.91. The summed E-state index contributed by atoms with van der Waals surface area (Å²) in [5.74, 6) is 0. The maximum Gasteiger partial charge on any atom is 0.101 e. The van der Waals surface area contributed by atoms with Gasteiger partial charge in [0.2, 0.25) is 0 Å². The molecule has 0 spiro atoms. The molecule has 2 aromatic rings. The van der Waals surface area contributed by atoms with Crippen LogP contribution in [-0.4, -0.2) is 10.7 Å². The van der Waals surface area contributed by atoms with Gasteiger partial charge in [-0.15, -0.1) is 0 Å². The van der Waals surface area contributed by atoms with Crippen LogP contribution in [0, 0.1) is 16.7 Å². The normalized spacial score (nSPS) is 15.2. The van der Waals surface area contributed by atoms with E-state index in [1.165, 1.54) is 0 Å². The van der Waals surface area contributed by atoms with Gasteiger partial charge in [-0.2, -0.15) is 5.26 Å². The number of benzene rings is 1. The summed E-state index contributed by atoms with van der Waals surface area (Å²) in [6.07, 6.45) is 4.65. The zero-order valence-corrected chi connectivity index (χ0v) is 15.1. The first-order valence-corrected chi connectivity index (χ1v) is 8.69. The smallest absolute Gasteiger partial charge is 0.101 e. The maximum absolute atomic E-state index is 9.01. The number of aryl methyl sites for hydroxylation is 1. The number of fused-ring (bicyclic) bond motifs is 1. The molecule has 3 rings (SSSR count). The van der Waals surface area contributed by atoms with Gasteiger partial charge >= 0.3 is 0 Å².